The van der Waals surface area contributed by atoms with E-state index >= 15 is 0 Å². The first kappa shape index (κ1) is 12.7. The van der Waals surface area contributed by atoms with Gasteiger partial charge in [-0.25, -0.2) is 0 Å². The Morgan fingerprint density at radius 1 is 1.38 bits per heavy atom. The number of carbonyl (C=O) groups excluding carboxylic acids is 1. The molecular formula is C13H20N2O. The molecule has 0 spiro atoms. The van der Waals surface area contributed by atoms with Gasteiger partial charge < -0.3 is 11.1 Å². The Bertz CT molecular complexity index is 311. The minimum Gasteiger partial charge on any atom is -0.368 e. The van der Waals surface area contributed by atoms with Crippen LogP contribution in [0.25, 0.3) is 0 Å². The van der Waals surface area contributed by atoms with Gasteiger partial charge in [0, 0.05) is 6.54 Å². The van der Waals surface area contributed by atoms with Crippen molar-refractivity contribution in [3.63, 3.8) is 0 Å². The molecule has 0 bridgehead atoms. The van der Waals surface area contributed by atoms with Gasteiger partial charge in [0.2, 0.25) is 5.91 Å². The Morgan fingerprint density at radius 2 is 2.06 bits per heavy atom. The van der Waals surface area contributed by atoms with Crippen LogP contribution in [0.4, 0.5) is 0 Å². The number of carbonyl (C=O) groups is 1. The average molecular weight is 220 g/mol. The van der Waals surface area contributed by atoms with E-state index in [1.807, 2.05) is 30.3 Å². The summed E-state index contributed by atoms with van der Waals surface area (Å²) in [5, 5.41) is 3.20. The number of amides is 1. The van der Waals surface area contributed by atoms with Crippen LogP contribution in [0, 0.1) is 0 Å². The van der Waals surface area contributed by atoms with Crippen molar-refractivity contribution in [3.8, 4) is 0 Å². The third kappa shape index (κ3) is 4.45. The van der Waals surface area contributed by atoms with E-state index in [1.54, 1.807) is 0 Å². The van der Waals surface area contributed by atoms with Crippen LogP contribution in [0.5, 0.6) is 0 Å². The van der Waals surface area contributed by atoms with E-state index in [0.717, 1.165) is 19.3 Å². The van der Waals surface area contributed by atoms with Gasteiger partial charge in [-0.15, -0.1) is 0 Å². The topological polar surface area (TPSA) is 55.1 Å². The summed E-state index contributed by atoms with van der Waals surface area (Å²) in [6.45, 7) is 2.80. The van der Waals surface area contributed by atoms with Gasteiger partial charge in [0.15, 0.2) is 0 Å². The zero-order valence-corrected chi connectivity index (χ0v) is 9.78. The van der Waals surface area contributed by atoms with E-state index in [9.17, 15) is 4.79 Å². The van der Waals surface area contributed by atoms with E-state index in [4.69, 9.17) is 5.73 Å². The van der Waals surface area contributed by atoms with E-state index in [-0.39, 0.29) is 11.9 Å². The van der Waals surface area contributed by atoms with Crippen molar-refractivity contribution in [1.29, 1.82) is 0 Å². The quantitative estimate of drug-likeness (QED) is 0.736. The normalized spacial score (nSPS) is 12.3. The summed E-state index contributed by atoms with van der Waals surface area (Å²) in [6.07, 6.45) is 2.92. The molecule has 0 unspecified atom stereocenters. The van der Waals surface area contributed by atoms with E-state index < -0.39 is 0 Å². The summed E-state index contributed by atoms with van der Waals surface area (Å²) in [6, 6.07) is 9.81. The first-order valence-corrected chi connectivity index (χ1v) is 5.80. The van der Waals surface area contributed by atoms with Crippen molar-refractivity contribution in [2.24, 2.45) is 5.73 Å². The van der Waals surface area contributed by atoms with Crippen molar-refractivity contribution in [3.05, 3.63) is 35.9 Å². The van der Waals surface area contributed by atoms with Gasteiger partial charge in [-0.3, -0.25) is 4.79 Å². The summed E-state index contributed by atoms with van der Waals surface area (Å²) in [7, 11) is 0. The number of nitrogens with one attached hydrogen (secondary N) is 1. The predicted octanol–water partition coefficient (Wildman–Crippen LogP) is 1.82. The van der Waals surface area contributed by atoms with Crippen molar-refractivity contribution >= 4 is 5.91 Å². The molecule has 0 aromatic heterocycles. The number of nitrogens with two attached hydrogens (primary N) is 1. The largest absolute Gasteiger partial charge is 0.368 e. The predicted molar refractivity (Wildman–Crippen MR) is 65.8 cm³/mol. The highest BCUT2D eigenvalue weighted by Gasteiger charge is 2.13. The zero-order chi connectivity index (χ0) is 11.8. The molecule has 3 nitrogen and oxygen atoms in total. The van der Waals surface area contributed by atoms with E-state index in [0.29, 0.717) is 6.54 Å². The highest BCUT2D eigenvalue weighted by molar-refractivity contribution is 5.79. The van der Waals surface area contributed by atoms with Crippen LogP contribution in [0.15, 0.2) is 30.3 Å². The van der Waals surface area contributed by atoms with Crippen LogP contribution in [-0.4, -0.2) is 11.9 Å². The molecule has 1 aromatic rings. The van der Waals surface area contributed by atoms with Crippen LogP contribution >= 0.6 is 0 Å². The molecule has 3 heteroatoms. The fourth-order valence-electron chi connectivity index (χ4n) is 1.59. The molecule has 0 saturated carbocycles. The van der Waals surface area contributed by atoms with Gasteiger partial charge >= 0.3 is 0 Å². The first-order valence-electron chi connectivity index (χ1n) is 5.80. The molecule has 0 saturated heterocycles. The van der Waals surface area contributed by atoms with Gasteiger partial charge in [0.05, 0.1) is 6.04 Å². The van der Waals surface area contributed by atoms with E-state index in [1.165, 1.54) is 5.56 Å². The molecular weight excluding hydrogens is 200 g/mol. The van der Waals surface area contributed by atoms with Gasteiger partial charge in [0.1, 0.15) is 0 Å². The number of rotatable bonds is 7. The number of benzene rings is 1. The number of hydrogen-bond acceptors (Lipinski definition) is 2. The fourth-order valence-corrected chi connectivity index (χ4v) is 1.59. The highest BCUT2D eigenvalue weighted by Crippen LogP contribution is 2.03. The van der Waals surface area contributed by atoms with Gasteiger partial charge in [-0.05, 0) is 12.0 Å². The molecule has 1 rings (SSSR count). The Morgan fingerprint density at radius 3 is 2.62 bits per heavy atom. The summed E-state index contributed by atoms with van der Waals surface area (Å²) in [5.74, 6) is -0.260. The Hall–Kier alpha value is -1.35. The molecule has 0 heterocycles. The Kier molecular flexibility index (Phi) is 5.57. The molecule has 1 aromatic carbocycles. The molecule has 88 valence electrons. The van der Waals surface area contributed by atoms with Crippen LogP contribution in [0.3, 0.4) is 0 Å². The van der Waals surface area contributed by atoms with Crippen molar-refractivity contribution < 1.29 is 4.79 Å². The van der Waals surface area contributed by atoms with Gasteiger partial charge in [-0.2, -0.15) is 0 Å². The van der Waals surface area contributed by atoms with Crippen molar-refractivity contribution in [2.45, 2.75) is 38.8 Å². The monoisotopic (exact) mass is 220 g/mol. The van der Waals surface area contributed by atoms with E-state index in [2.05, 4.69) is 12.2 Å². The molecule has 0 aliphatic rings. The lowest BCUT2D eigenvalue weighted by Gasteiger charge is -2.14. The Labute approximate surface area is 97.0 Å². The third-order valence-electron chi connectivity index (χ3n) is 2.59. The molecule has 0 radical (unpaired) electrons. The molecule has 3 N–H and O–H groups in total. The first-order chi connectivity index (χ1) is 7.74. The number of hydrogen-bond donors (Lipinski definition) is 2. The van der Waals surface area contributed by atoms with Gasteiger partial charge in [0.25, 0.3) is 0 Å². The van der Waals surface area contributed by atoms with Crippen LogP contribution in [0.1, 0.15) is 31.7 Å². The standard InChI is InChI=1S/C13H20N2O/c1-2-3-9-12(13(14)16)15-10-11-7-5-4-6-8-11/h4-8,12,15H,2-3,9-10H2,1H3,(H2,14,16)/t12-/m0/s1. The Balaban J connectivity index is 2.41. The minimum atomic E-state index is -0.260. The highest BCUT2D eigenvalue weighted by atomic mass is 16.1. The summed E-state index contributed by atoms with van der Waals surface area (Å²) >= 11 is 0. The lowest BCUT2D eigenvalue weighted by molar-refractivity contribution is -0.120. The molecule has 1 amide bonds. The van der Waals surface area contributed by atoms with Crippen molar-refractivity contribution in [2.75, 3.05) is 0 Å². The smallest absolute Gasteiger partial charge is 0.234 e. The van der Waals surface area contributed by atoms with Gasteiger partial charge in [-0.1, -0.05) is 50.1 Å². The minimum absolute atomic E-state index is 0.208. The second-order valence-corrected chi connectivity index (χ2v) is 3.96. The van der Waals surface area contributed by atoms with Crippen molar-refractivity contribution in [1.82, 2.24) is 5.32 Å². The number of primary amides is 1. The molecule has 0 aliphatic heterocycles. The summed E-state index contributed by atoms with van der Waals surface area (Å²) in [5.41, 5.74) is 6.51. The molecule has 16 heavy (non-hydrogen) atoms. The zero-order valence-electron chi connectivity index (χ0n) is 9.78. The molecule has 0 fully saturated rings. The van der Waals surface area contributed by atoms with Crippen LogP contribution in [0.2, 0.25) is 0 Å². The lowest BCUT2D eigenvalue weighted by atomic mass is 10.1. The molecule has 1 atom stereocenters. The maximum atomic E-state index is 11.2. The van der Waals surface area contributed by atoms with Crippen LogP contribution in [-0.2, 0) is 11.3 Å². The maximum absolute atomic E-state index is 11.2. The molecule has 0 aliphatic carbocycles. The summed E-state index contributed by atoms with van der Waals surface area (Å²) < 4.78 is 0. The fraction of sp³-hybridized carbons (Fsp3) is 0.462. The maximum Gasteiger partial charge on any atom is 0.234 e. The summed E-state index contributed by atoms with van der Waals surface area (Å²) in [4.78, 5) is 11.2. The second-order valence-electron chi connectivity index (χ2n) is 3.96. The SMILES string of the molecule is CCCC[C@H](NCc1ccccc1)C(N)=O. The second kappa shape index (κ2) is 7.01. The van der Waals surface area contributed by atoms with Crippen LogP contribution < -0.4 is 11.1 Å². The number of unbranched alkanes of at least 4 members (excludes halogenated alkanes) is 1. The average Bonchev–Trinajstić information content (AvgIpc) is 2.30. The third-order valence-corrected chi connectivity index (χ3v) is 2.59. The lowest BCUT2D eigenvalue weighted by Crippen LogP contribution is -2.40.